The Hall–Kier alpha value is -1.58. The van der Waals surface area contributed by atoms with E-state index < -0.39 is 0 Å². The van der Waals surface area contributed by atoms with Crippen LogP contribution in [0.25, 0.3) is 11.0 Å². The van der Waals surface area contributed by atoms with Gasteiger partial charge in [0.05, 0.1) is 18.1 Å². The Labute approximate surface area is 128 Å². The van der Waals surface area contributed by atoms with E-state index in [1.54, 1.807) is 0 Å². The average molecular weight is 288 g/mol. The molecule has 1 N–H and O–H groups in total. The van der Waals surface area contributed by atoms with Gasteiger partial charge in [0.25, 0.3) is 0 Å². The highest BCUT2D eigenvalue weighted by Crippen LogP contribution is 2.19. The second-order valence-electron chi connectivity index (χ2n) is 6.01. The maximum atomic E-state index is 4.54. The predicted octanol–water partition coefficient (Wildman–Crippen LogP) is 4.78. The minimum absolute atomic E-state index is 0.344. The van der Waals surface area contributed by atoms with Crippen LogP contribution in [-0.2, 0) is 0 Å². The summed E-state index contributed by atoms with van der Waals surface area (Å²) in [5, 5.41) is 8.98. The largest absolute Gasteiger partial charge is 0.384 e. The topological polar surface area (TPSA) is 42.7 Å². The number of nitrogens with zero attached hydrogens (tertiary/aromatic N) is 3. The zero-order chi connectivity index (χ0) is 15.1. The highest BCUT2D eigenvalue weighted by Gasteiger charge is 2.07. The van der Waals surface area contributed by atoms with Crippen LogP contribution in [-0.4, -0.2) is 21.3 Å². The summed E-state index contributed by atoms with van der Waals surface area (Å²) < 4.78 is 1.97. The Morgan fingerprint density at radius 1 is 1.10 bits per heavy atom. The molecule has 116 valence electrons. The number of anilines is 1. The van der Waals surface area contributed by atoms with Crippen molar-refractivity contribution in [3.05, 3.63) is 18.5 Å². The summed E-state index contributed by atoms with van der Waals surface area (Å²) in [6, 6.07) is 2.49. The van der Waals surface area contributed by atoms with Crippen LogP contribution in [0.1, 0.15) is 65.3 Å². The molecule has 4 nitrogen and oxygen atoms in total. The zero-order valence-corrected chi connectivity index (χ0v) is 13.6. The first-order valence-electron chi connectivity index (χ1n) is 8.29. The molecule has 0 fully saturated rings. The van der Waals surface area contributed by atoms with Crippen LogP contribution in [0.3, 0.4) is 0 Å². The van der Waals surface area contributed by atoms with E-state index in [9.17, 15) is 0 Å². The third kappa shape index (κ3) is 4.45. The first-order valence-corrected chi connectivity index (χ1v) is 8.29. The van der Waals surface area contributed by atoms with Crippen LogP contribution in [0.4, 0.5) is 5.69 Å². The average Bonchev–Trinajstić information content (AvgIpc) is 2.89. The van der Waals surface area contributed by atoms with E-state index >= 15 is 0 Å². The highest BCUT2D eigenvalue weighted by molar-refractivity contribution is 5.78. The van der Waals surface area contributed by atoms with Crippen LogP contribution >= 0.6 is 0 Å². The summed E-state index contributed by atoms with van der Waals surface area (Å²) >= 11 is 0. The lowest BCUT2D eigenvalue weighted by Gasteiger charge is -2.08. The molecule has 2 heterocycles. The minimum atomic E-state index is 0.344. The molecule has 0 aliphatic heterocycles. The molecule has 2 aromatic heterocycles. The monoisotopic (exact) mass is 288 g/mol. The van der Waals surface area contributed by atoms with Crippen molar-refractivity contribution in [1.29, 1.82) is 0 Å². The highest BCUT2D eigenvalue weighted by atomic mass is 15.3. The van der Waals surface area contributed by atoms with E-state index in [0.717, 1.165) is 23.3 Å². The number of hydrogen-bond donors (Lipinski definition) is 1. The summed E-state index contributed by atoms with van der Waals surface area (Å²) in [6.45, 7) is 7.53. The standard InChI is InChI=1S/C17H28N4/c1-4-5-6-7-8-9-10-18-16-11-15-12-20-21(14(2)3)17(15)19-13-16/h11-14,18H,4-10H2,1-3H3. The fourth-order valence-electron chi connectivity index (χ4n) is 2.55. The summed E-state index contributed by atoms with van der Waals surface area (Å²) in [4.78, 5) is 4.54. The van der Waals surface area contributed by atoms with Gasteiger partial charge in [0.1, 0.15) is 0 Å². The number of unbranched alkanes of at least 4 members (excludes halogenated alkanes) is 5. The molecule has 0 saturated heterocycles. The predicted molar refractivity (Wildman–Crippen MR) is 89.8 cm³/mol. The van der Waals surface area contributed by atoms with Crippen LogP contribution < -0.4 is 5.32 Å². The van der Waals surface area contributed by atoms with Crippen molar-refractivity contribution < 1.29 is 0 Å². The Balaban J connectivity index is 1.80. The van der Waals surface area contributed by atoms with Gasteiger partial charge in [0.15, 0.2) is 5.65 Å². The first kappa shape index (κ1) is 15.8. The molecule has 0 aliphatic rings. The number of pyridine rings is 1. The fraction of sp³-hybridized carbons (Fsp3) is 0.647. The van der Waals surface area contributed by atoms with Crippen LogP contribution in [0.2, 0.25) is 0 Å². The summed E-state index contributed by atoms with van der Waals surface area (Å²) in [5.74, 6) is 0. The third-order valence-electron chi connectivity index (χ3n) is 3.78. The van der Waals surface area contributed by atoms with E-state index in [1.807, 2.05) is 17.1 Å². The van der Waals surface area contributed by atoms with Gasteiger partial charge < -0.3 is 5.32 Å². The van der Waals surface area contributed by atoms with Crippen LogP contribution in [0, 0.1) is 0 Å². The molecule has 0 amide bonds. The van der Waals surface area contributed by atoms with Gasteiger partial charge in [-0.05, 0) is 26.3 Å². The van der Waals surface area contributed by atoms with Crippen molar-refractivity contribution >= 4 is 16.7 Å². The first-order chi connectivity index (χ1) is 10.2. The second-order valence-corrected chi connectivity index (χ2v) is 6.01. The van der Waals surface area contributed by atoms with Crippen molar-refractivity contribution in [3.8, 4) is 0 Å². The molecule has 0 unspecified atom stereocenters. The maximum Gasteiger partial charge on any atom is 0.158 e. The molecule has 0 radical (unpaired) electrons. The summed E-state index contributed by atoms with van der Waals surface area (Å²) in [7, 11) is 0. The van der Waals surface area contributed by atoms with Gasteiger partial charge >= 0.3 is 0 Å². The van der Waals surface area contributed by atoms with Crippen molar-refractivity contribution in [2.24, 2.45) is 0 Å². The van der Waals surface area contributed by atoms with E-state index in [4.69, 9.17) is 0 Å². The molecule has 2 rings (SSSR count). The molecule has 0 aromatic carbocycles. The van der Waals surface area contributed by atoms with Crippen LogP contribution in [0.15, 0.2) is 18.5 Å². The van der Waals surface area contributed by atoms with E-state index in [2.05, 4.69) is 42.2 Å². The van der Waals surface area contributed by atoms with Gasteiger partial charge in [-0.3, -0.25) is 0 Å². The van der Waals surface area contributed by atoms with Crippen LogP contribution in [0.5, 0.6) is 0 Å². The lowest BCUT2D eigenvalue weighted by molar-refractivity contribution is 0.546. The molecule has 0 spiro atoms. The van der Waals surface area contributed by atoms with Gasteiger partial charge in [-0.1, -0.05) is 39.0 Å². The number of aromatic nitrogens is 3. The SMILES string of the molecule is CCCCCCCCNc1cnc2c(cnn2C(C)C)c1. The number of fused-ring (bicyclic) bond motifs is 1. The Morgan fingerprint density at radius 2 is 1.86 bits per heavy atom. The summed E-state index contributed by atoms with van der Waals surface area (Å²) in [6.07, 6.45) is 11.8. The molecule has 21 heavy (non-hydrogen) atoms. The van der Waals surface area contributed by atoms with Gasteiger partial charge in [0, 0.05) is 18.0 Å². The van der Waals surface area contributed by atoms with Gasteiger partial charge in [-0.15, -0.1) is 0 Å². The number of nitrogens with one attached hydrogen (secondary N) is 1. The van der Waals surface area contributed by atoms with Crippen molar-refractivity contribution in [3.63, 3.8) is 0 Å². The lowest BCUT2D eigenvalue weighted by Crippen LogP contribution is -2.04. The second kappa shape index (κ2) is 8.01. The zero-order valence-electron chi connectivity index (χ0n) is 13.6. The smallest absolute Gasteiger partial charge is 0.158 e. The molecular formula is C17H28N4. The minimum Gasteiger partial charge on any atom is -0.384 e. The van der Waals surface area contributed by atoms with E-state index in [-0.39, 0.29) is 0 Å². The molecule has 0 atom stereocenters. The Kier molecular flexibility index (Phi) is 6.03. The molecule has 0 bridgehead atoms. The van der Waals surface area contributed by atoms with Gasteiger partial charge in [-0.2, -0.15) is 5.10 Å². The molecular weight excluding hydrogens is 260 g/mol. The normalized spacial score (nSPS) is 11.4. The van der Waals surface area contributed by atoms with Gasteiger partial charge in [0.2, 0.25) is 0 Å². The molecule has 0 saturated carbocycles. The van der Waals surface area contributed by atoms with E-state index in [0.29, 0.717) is 6.04 Å². The molecule has 0 aliphatic carbocycles. The molecule has 2 aromatic rings. The summed E-state index contributed by atoms with van der Waals surface area (Å²) in [5.41, 5.74) is 2.06. The van der Waals surface area contributed by atoms with Crippen molar-refractivity contribution in [2.75, 3.05) is 11.9 Å². The van der Waals surface area contributed by atoms with Crippen molar-refractivity contribution in [2.45, 2.75) is 65.3 Å². The third-order valence-corrected chi connectivity index (χ3v) is 3.78. The van der Waals surface area contributed by atoms with Crippen molar-refractivity contribution in [1.82, 2.24) is 14.8 Å². The Bertz CT molecular complexity index is 545. The van der Waals surface area contributed by atoms with Gasteiger partial charge in [-0.25, -0.2) is 9.67 Å². The maximum absolute atomic E-state index is 4.54. The quantitative estimate of drug-likeness (QED) is 0.675. The number of hydrogen-bond acceptors (Lipinski definition) is 3. The fourth-order valence-corrected chi connectivity index (χ4v) is 2.55. The molecule has 4 heteroatoms. The van der Waals surface area contributed by atoms with E-state index in [1.165, 1.54) is 38.5 Å². The number of rotatable bonds is 9. The Morgan fingerprint density at radius 3 is 2.62 bits per heavy atom. The lowest BCUT2D eigenvalue weighted by atomic mass is 10.1.